The first-order chi connectivity index (χ1) is 11.6. The summed E-state index contributed by atoms with van der Waals surface area (Å²) in [5.74, 6) is -3.45. The normalized spacial score (nSPS) is 13.8. The van der Waals surface area contributed by atoms with Crippen molar-refractivity contribution in [2.75, 3.05) is 0 Å². The minimum atomic E-state index is -1.28. The van der Waals surface area contributed by atoms with Crippen molar-refractivity contribution >= 4 is 17.7 Å². The van der Waals surface area contributed by atoms with Crippen LogP contribution in [-0.2, 0) is 25.7 Å². The Kier molecular flexibility index (Phi) is 7.77. The van der Waals surface area contributed by atoms with Gasteiger partial charge in [-0.25, -0.2) is 0 Å². The summed E-state index contributed by atoms with van der Waals surface area (Å²) in [4.78, 5) is 35.8. The fourth-order valence-electron chi connectivity index (χ4n) is 2.22. The molecule has 1 aromatic carbocycles. The first-order valence-corrected chi connectivity index (χ1v) is 8.32. The van der Waals surface area contributed by atoms with Crippen LogP contribution in [0.2, 0.25) is 0 Å². The van der Waals surface area contributed by atoms with Crippen molar-refractivity contribution in [2.24, 2.45) is 17.1 Å². The second-order valence-electron chi connectivity index (χ2n) is 7.35. The number of nitrogens with two attached hydrogens (primary N) is 1. The second kappa shape index (κ2) is 9.32. The maximum Gasteiger partial charge on any atom is 0.320 e. The molecule has 3 N–H and O–H groups in total. The maximum absolute atomic E-state index is 12.5. The molecule has 1 aromatic rings. The number of carboxylic acid groups (broad SMARTS) is 1. The Morgan fingerprint density at radius 2 is 1.76 bits per heavy atom. The van der Waals surface area contributed by atoms with E-state index in [0.717, 1.165) is 5.56 Å². The van der Waals surface area contributed by atoms with Crippen LogP contribution >= 0.6 is 0 Å². The molecule has 25 heavy (non-hydrogen) atoms. The Morgan fingerprint density at radius 3 is 2.28 bits per heavy atom. The molecule has 0 spiro atoms. The van der Waals surface area contributed by atoms with Crippen LogP contribution in [0.4, 0.5) is 0 Å². The topological polar surface area (TPSA) is 107 Å². The van der Waals surface area contributed by atoms with Gasteiger partial charge in [0.25, 0.3) is 0 Å². The highest BCUT2D eigenvalue weighted by Gasteiger charge is 2.32. The number of esters is 1. The molecule has 1 rings (SSSR count). The molecule has 0 saturated heterocycles. The van der Waals surface area contributed by atoms with E-state index in [-0.39, 0.29) is 30.6 Å². The van der Waals surface area contributed by atoms with Crippen LogP contribution < -0.4 is 5.73 Å². The Morgan fingerprint density at radius 1 is 1.16 bits per heavy atom. The van der Waals surface area contributed by atoms with Crippen molar-refractivity contribution < 1.29 is 24.2 Å². The van der Waals surface area contributed by atoms with Gasteiger partial charge in [-0.3, -0.25) is 14.4 Å². The van der Waals surface area contributed by atoms with E-state index in [1.54, 1.807) is 12.1 Å². The number of ketones is 1. The smallest absolute Gasteiger partial charge is 0.320 e. The lowest BCUT2D eigenvalue weighted by molar-refractivity contribution is -0.154. The van der Waals surface area contributed by atoms with Gasteiger partial charge in [0.15, 0.2) is 0 Å². The van der Waals surface area contributed by atoms with E-state index in [4.69, 9.17) is 15.6 Å². The van der Waals surface area contributed by atoms with E-state index in [2.05, 4.69) is 0 Å². The highest BCUT2D eigenvalue weighted by Crippen LogP contribution is 2.23. The Hall–Kier alpha value is -2.21. The molecule has 0 aromatic heterocycles. The van der Waals surface area contributed by atoms with E-state index in [1.807, 2.05) is 39.0 Å². The van der Waals surface area contributed by atoms with Gasteiger partial charge in [-0.1, -0.05) is 51.1 Å². The summed E-state index contributed by atoms with van der Waals surface area (Å²) < 4.78 is 5.22. The molecule has 6 heteroatoms. The molecule has 0 radical (unpaired) electrons. The lowest BCUT2D eigenvalue weighted by Crippen LogP contribution is -2.38. The number of benzene rings is 1. The minimum Gasteiger partial charge on any atom is -0.480 e. The summed E-state index contributed by atoms with van der Waals surface area (Å²) in [6, 6.07) is 7.79. The lowest BCUT2D eigenvalue weighted by Gasteiger charge is -2.21. The zero-order chi connectivity index (χ0) is 19.0. The van der Waals surface area contributed by atoms with Crippen molar-refractivity contribution in [1.82, 2.24) is 0 Å². The number of carbonyl (C=O) groups excluding carboxylic acids is 2. The SMILES string of the molecule is CC(C)(C)CCC(=O)C(C[C@@H](N)C(=O)O)C(=O)OCc1ccccc1. The van der Waals surface area contributed by atoms with Crippen LogP contribution in [-0.4, -0.2) is 28.9 Å². The quantitative estimate of drug-likeness (QED) is 0.524. The zero-order valence-electron chi connectivity index (χ0n) is 15.0. The van der Waals surface area contributed by atoms with Gasteiger partial charge in [-0.2, -0.15) is 0 Å². The summed E-state index contributed by atoms with van der Waals surface area (Å²) >= 11 is 0. The Labute approximate surface area is 148 Å². The largest absolute Gasteiger partial charge is 0.480 e. The molecule has 6 nitrogen and oxygen atoms in total. The third-order valence-corrected chi connectivity index (χ3v) is 3.83. The molecule has 0 saturated carbocycles. The lowest BCUT2D eigenvalue weighted by atomic mass is 9.85. The Bertz CT molecular complexity index is 592. The third-order valence-electron chi connectivity index (χ3n) is 3.83. The van der Waals surface area contributed by atoms with Crippen molar-refractivity contribution in [3.05, 3.63) is 35.9 Å². The van der Waals surface area contributed by atoms with Gasteiger partial charge in [0, 0.05) is 6.42 Å². The highest BCUT2D eigenvalue weighted by molar-refractivity contribution is 5.99. The van der Waals surface area contributed by atoms with E-state index in [9.17, 15) is 14.4 Å². The van der Waals surface area contributed by atoms with Crippen LogP contribution in [0.5, 0.6) is 0 Å². The summed E-state index contributed by atoms with van der Waals surface area (Å²) in [6.07, 6.45) is 0.517. The minimum absolute atomic E-state index is 0.0328. The number of Topliss-reactive ketones (excluding diaryl/α,β-unsaturated/α-hetero) is 1. The number of carbonyl (C=O) groups is 3. The average molecular weight is 349 g/mol. The summed E-state index contributed by atoms with van der Waals surface area (Å²) in [5, 5.41) is 8.97. The molecular weight excluding hydrogens is 322 g/mol. The van der Waals surface area contributed by atoms with Gasteiger partial charge < -0.3 is 15.6 Å². The van der Waals surface area contributed by atoms with Gasteiger partial charge in [0.05, 0.1) is 0 Å². The van der Waals surface area contributed by atoms with Gasteiger partial charge in [0.1, 0.15) is 24.3 Å². The average Bonchev–Trinajstić information content (AvgIpc) is 2.55. The van der Waals surface area contributed by atoms with E-state index < -0.39 is 23.9 Å². The van der Waals surface area contributed by atoms with E-state index >= 15 is 0 Å². The molecule has 2 atom stereocenters. The van der Waals surface area contributed by atoms with Gasteiger partial charge in [0.2, 0.25) is 0 Å². The maximum atomic E-state index is 12.5. The molecule has 138 valence electrons. The summed E-state index contributed by atoms with van der Waals surface area (Å²) in [5.41, 5.74) is 6.25. The second-order valence-corrected chi connectivity index (χ2v) is 7.35. The summed E-state index contributed by atoms with van der Waals surface area (Å²) in [7, 11) is 0. The number of aliphatic carboxylic acids is 1. The molecule has 0 aliphatic rings. The van der Waals surface area contributed by atoms with Crippen LogP contribution in [0.3, 0.4) is 0 Å². The van der Waals surface area contributed by atoms with Crippen molar-refractivity contribution in [1.29, 1.82) is 0 Å². The molecular formula is C19H27NO5. The van der Waals surface area contributed by atoms with Crippen molar-refractivity contribution in [3.8, 4) is 0 Å². The number of ether oxygens (including phenoxy) is 1. The van der Waals surface area contributed by atoms with Crippen molar-refractivity contribution in [3.63, 3.8) is 0 Å². The Balaban J connectivity index is 2.76. The molecule has 0 amide bonds. The number of carboxylic acids is 1. The van der Waals surface area contributed by atoms with Crippen LogP contribution in [0.15, 0.2) is 30.3 Å². The molecule has 0 fully saturated rings. The van der Waals surface area contributed by atoms with Crippen LogP contribution in [0.1, 0.15) is 45.6 Å². The molecule has 0 aliphatic heterocycles. The zero-order valence-corrected chi connectivity index (χ0v) is 15.0. The van der Waals surface area contributed by atoms with Gasteiger partial charge in [-0.05, 0) is 23.8 Å². The molecule has 0 aliphatic carbocycles. The predicted molar refractivity (Wildman–Crippen MR) is 93.7 cm³/mol. The number of hydrogen-bond acceptors (Lipinski definition) is 5. The van der Waals surface area contributed by atoms with E-state index in [1.165, 1.54) is 0 Å². The summed E-state index contributed by atoms with van der Waals surface area (Å²) in [6.45, 7) is 6.01. The predicted octanol–water partition coefficient (Wildman–Crippen LogP) is 2.54. The fraction of sp³-hybridized carbons (Fsp3) is 0.526. The van der Waals surface area contributed by atoms with Crippen LogP contribution in [0.25, 0.3) is 0 Å². The van der Waals surface area contributed by atoms with Crippen molar-refractivity contribution in [2.45, 2.75) is 52.7 Å². The molecule has 0 heterocycles. The highest BCUT2D eigenvalue weighted by atomic mass is 16.5. The fourth-order valence-corrected chi connectivity index (χ4v) is 2.22. The van der Waals surface area contributed by atoms with Gasteiger partial charge >= 0.3 is 11.9 Å². The first-order valence-electron chi connectivity index (χ1n) is 8.32. The molecule has 0 bridgehead atoms. The molecule has 1 unspecified atom stereocenters. The van der Waals surface area contributed by atoms with Gasteiger partial charge in [-0.15, -0.1) is 0 Å². The number of rotatable bonds is 9. The monoisotopic (exact) mass is 349 g/mol. The third kappa shape index (κ3) is 7.94. The standard InChI is InChI=1S/C19H27NO5/c1-19(2,3)10-9-16(21)14(11-15(20)17(22)23)18(24)25-12-13-7-5-4-6-8-13/h4-8,14-15H,9-12,20H2,1-3H3,(H,22,23)/t14?,15-/m1/s1. The first kappa shape index (κ1) is 20.8. The number of hydrogen-bond donors (Lipinski definition) is 2. The van der Waals surface area contributed by atoms with E-state index in [0.29, 0.717) is 6.42 Å². The van der Waals surface area contributed by atoms with Crippen LogP contribution in [0, 0.1) is 11.3 Å².